The second-order valence-electron chi connectivity index (χ2n) is 5.55. The van der Waals surface area contributed by atoms with Gasteiger partial charge in [0, 0.05) is 18.0 Å². The lowest BCUT2D eigenvalue weighted by Crippen LogP contribution is -2.18. The largest absolute Gasteiger partial charge is 0.321 e. The fourth-order valence-corrected chi connectivity index (χ4v) is 2.44. The van der Waals surface area contributed by atoms with Crippen molar-refractivity contribution in [1.29, 1.82) is 0 Å². The van der Waals surface area contributed by atoms with E-state index in [0.717, 1.165) is 12.8 Å². The van der Waals surface area contributed by atoms with E-state index < -0.39 is 0 Å². The number of benzene rings is 1. The Labute approximate surface area is 102 Å². The summed E-state index contributed by atoms with van der Waals surface area (Å²) in [4.78, 5) is 0. The zero-order valence-corrected chi connectivity index (χ0v) is 10.7. The van der Waals surface area contributed by atoms with Crippen LogP contribution in [0, 0.1) is 0 Å². The van der Waals surface area contributed by atoms with E-state index in [1.165, 1.54) is 22.2 Å². The number of nitrogens with zero attached hydrogens (tertiary/aromatic N) is 2. The summed E-state index contributed by atoms with van der Waals surface area (Å²) in [5.41, 5.74) is 9.81. The van der Waals surface area contributed by atoms with Gasteiger partial charge in [-0.3, -0.25) is 4.68 Å². The molecule has 0 atom stereocenters. The summed E-state index contributed by atoms with van der Waals surface area (Å²) in [6, 6.07) is 6.56. The minimum atomic E-state index is -0.0591. The molecule has 0 unspecified atom stereocenters. The predicted molar refractivity (Wildman–Crippen MR) is 69.9 cm³/mol. The van der Waals surface area contributed by atoms with Gasteiger partial charge in [-0.1, -0.05) is 26.0 Å². The monoisotopic (exact) mass is 229 g/mol. The van der Waals surface area contributed by atoms with E-state index in [-0.39, 0.29) is 5.54 Å². The average molecular weight is 229 g/mol. The van der Waals surface area contributed by atoms with Crippen LogP contribution >= 0.6 is 0 Å². The van der Waals surface area contributed by atoms with Gasteiger partial charge in [-0.15, -0.1) is 0 Å². The summed E-state index contributed by atoms with van der Waals surface area (Å²) in [6.07, 6.45) is 2.21. The molecule has 1 aromatic heterocycles. The molecule has 1 aliphatic rings. The van der Waals surface area contributed by atoms with Crippen molar-refractivity contribution in [2.24, 2.45) is 12.8 Å². The molecule has 1 aromatic carbocycles. The zero-order valence-electron chi connectivity index (χ0n) is 10.7. The van der Waals surface area contributed by atoms with Crippen molar-refractivity contribution in [2.75, 3.05) is 0 Å². The van der Waals surface area contributed by atoms with Crippen LogP contribution in [0.2, 0.25) is 0 Å². The van der Waals surface area contributed by atoms with Crippen LogP contribution in [-0.2, 0) is 12.6 Å². The van der Waals surface area contributed by atoms with Gasteiger partial charge in [0.15, 0.2) is 0 Å². The minimum Gasteiger partial charge on any atom is -0.321 e. The maximum absolute atomic E-state index is 6.25. The van der Waals surface area contributed by atoms with Gasteiger partial charge in [0.25, 0.3) is 0 Å². The third-order valence-electron chi connectivity index (χ3n) is 3.79. The standard InChI is InChI=1S/C14H19N3/c1-9(2)13-11-5-4-10(14(15)6-7-14)8-12(11)17(3)16-13/h4-5,8-9H,6-7,15H2,1-3H3. The smallest absolute Gasteiger partial charge is 0.0728 e. The van der Waals surface area contributed by atoms with E-state index in [1.54, 1.807) is 0 Å². The molecule has 0 aliphatic heterocycles. The minimum absolute atomic E-state index is 0.0591. The van der Waals surface area contributed by atoms with Crippen LogP contribution in [0.3, 0.4) is 0 Å². The summed E-state index contributed by atoms with van der Waals surface area (Å²) in [7, 11) is 2.01. The highest BCUT2D eigenvalue weighted by atomic mass is 15.3. The highest BCUT2D eigenvalue weighted by Crippen LogP contribution is 2.43. The van der Waals surface area contributed by atoms with E-state index >= 15 is 0 Å². The van der Waals surface area contributed by atoms with Crippen LogP contribution in [0.5, 0.6) is 0 Å². The van der Waals surface area contributed by atoms with Gasteiger partial charge < -0.3 is 5.73 Å². The van der Waals surface area contributed by atoms with Crippen LogP contribution in [0.4, 0.5) is 0 Å². The first-order valence-corrected chi connectivity index (χ1v) is 6.27. The Hall–Kier alpha value is -1.35. The molecule has 0 bridgehead atoms. The number of fused-ring (bicyclic) bond motifs is 1. The molecule has 1 heterocycles. The van der Waals surface area contributed by atoms with Crippen molar-refractivity contribution < 1.29 is 0 Å². The van der Waals surface area contributed by atoms with Crippen LogP contribution < -0.4 is 5.73 Å². The quantitative estimate of drug-likeness (QED) is 0.860. The summed E-state index contributed by atoms with van der Waals surface area (Å²) < 4.78 is 1.97. The van der Waals surface area contributed by atoms with Gasteiger partial charge in [-0.25, -0.2) is 0 Å². The predicted octanol–water partition coefficient (Wildman–Crippen LogP) is 2.64. The molecule has 3 nitrogen and oxygen atoms in total. The molecule has 90 valence electrons. The summed E-state index contributed by atoms with van der Waals surface area (Å²) in [5.74, 6) is 0.456. The van der Waals surface area contributed by atoms with Gasteiger partial charge in [0.1, 0.15) is 0 Å². The number of rotatable bonds is 2. The molecule has 0 radical (unpaired) electrons. The number of hydrogen-bond donors (Lipinski definition) is 1. The number of hydrogen-bond acceptors (Lipinski definition) is 2. The molecule has 2 N–H and O–H groups in total. The van der Waals surface area contributed by atoms with E-state index in [1.807, 2.05) is 11.7 Å². The third kappa shape index (κ3) is 1.57. The van der Waals surface area contributed by atoms with Gasteiger partial charge in [0.2, 0.25) is 0 Å². The molecule has 0 amide bonds. The summed E-state index contributed by atoms with van der Waals surface area (Å²) in [5, 5.41) is 5.87. The molecular weight excluding hydrogens is 210 g/mol. The number of aromatic nitrogens is 2. The first-order chi connectivity index (χ1) is 8.01. The second-order valence-corrected chi connectivity index (χ2v) is 5.55. The van der Waals surface area contributed by atoms with E-state index in [4.69, 9.17) is 5.73 Å². The van der Waals surface area contributed by atoms with Crippen molar-refractivity contribution in [3.8, 4) is 0 Å². The van der Waals surface area contributed by atoms with Crippen molar-refractivity contribution >= 4 is 10.9 Å². The molecule has 2 aromatic rings. The van der Waals surface area contributed by atoms with Gasteiger partial charge in [-0.05, 0) is 30.4 Å². The molecule has 17 heavy (non-hydrogen) atoms. The van der Waals surface area contributed by atoms with Gasteiger partial charge >= 0.3 is 0 Å². The lowest BCUT2D eigenvalue weighted by Gasteiger charge is -2.09. The Balaban J connectivity index is 2.20. The Morgan fingerprint density at radius 2 is 2.06 bits per heavy atom. The molecule has 0 saturated heterocycles. The van der Waals surface area contributed by atoms with Crippen molar-refractivity contribution in [3.63, 3.8) is 0 Å². The fourth-order valence-electron chi connectivity index (χ4n) is 2.44. The highest BCUT2D eigenvalue weighted by molar-refractivity contribution is 5.83. The average Bonchev–Trinajstić information content (AvgIpc) is 2.95. The molecular formula is C14H19N3. The van der Waals surface area contributed by atoms with Gasteiger partial charge in [-0.2, -0.15) is 5.10 Å². The maximum atomic E-state index is 6.25. The molecule has 0 spiro atoms. The van der Waals surface area contributed by atoms with Crippen molar-refractivity contribution in [1.82, 2.24) is 9.78 Å². The van der Waals surface area contributed by atoms with Crippen molar-refractivity contribution in [3.05, 3.63) is 29.5 Å². The first-order valence-electron chi connectivity index (χ1n) is 6.27. The Kier molecular flexibility index (Phi) is 2.11. The summed E-state index contributed by atoms with van der Waals surface area (Å²) >= 11 is 0. The lowest BCUT2D eigenvalue weighted by atomic mass is 10.0. The second kappa shape index (κ2) is 3.33. The SMILES string of the molecule is CC(C)c1nn(C)c2cc(C3(N)CC3)ccc12. The molecule has 3 rings (SSSR count). The maximum Gasteiger partial charge on any atom is 0.0728 e. The Bertz CT molecular complexity index is 576. The van der Waals surface area contributed by atoms with Crippen molar-refractivity contribution in [2.45, 2.75) is 38.1 Å². The number of aryl methyl sites for hydroxylation is 1. The first kappa shape index (κ1) is 10.8. The fraction of sp³-hybridized carbons (Fsp3) is 0.500. The van der Waals surface area contributed by atoms with Crippen LogP contribution in [-0.4, -0.2) is 9.78 Å². The lowest BCUT2D eigenvalue weighted by molar-refractivity contribution is 0.724. The van der Waals surface area contributed by atoms with E-state index in [2.05, 4.69) is 37.1 Å². The molecule has 1 fully saturated rings. The molecule has 3 heteroatoms. The highest BCUT2D eigenvalue weighted by Gasteiger charge is 2.40. The topological polar surface area (TPSA) is 43.8 Å². The normalized spacial score (nSPS) is 17.9. The van der Waals surface area contributed by atoms with Gasteiger partial charge in [0.05, 0.1) is 11.2 Å². The van der Waals surface area contributed by atoms with Crippen LogP contribution in [0.25, 0.3) is 10.9 Å². The molecule has 1 saturated carbocycles. The molecule has 1 aliphatic carbocycles. The van der Waals surface area contributed by atoms with Crippen LogP contribution in [0.1, 0.15) is 43.9 Å². The third-order valence-corrected chi connectivity index (χ3v) is 3.79. The van der Waals surface area contributed by atoms with E-state index in [0.29, 0.717) is 5.92 Å². The van der Waals surface area contributed by atoms with Crippen LogP contribution in [0.15, 0.2) is 18.2 Å². The summed E-state index contributed by atoms with van der Waals surface area (Å²) in [6.45, 7) is 4.36. The Morgan fingerprint density at radius 1 is 1.35 bits per heavy atom. The van der Waals surface area contributed by atoms with E-state index in [9.17, 15) is 0 Å². The number of nitrogens with two attached hydrogens (primary N) is 1. The Morgan fingerprint density at radius 3 is 2.65 bits per heavy atom. The zero-order chi connectivity index (χ0) is 12.2.